The summed E-state index contributed by atoms with van der Waals surface area (Å²) in [7, 11) is 5.46. The second kappa shape index (κ2) is 10.2. The Morgan fingerprint density at radius 2 is 2.08 bits per heavy atom. The highest BCUT2D eigenvalue weighted by Crippen LogP contribution is 2.31. The zero-order valence-electron chi connectivity index (χ0n) is 15.4. The number of H-pyrrole nitrogens is 1. The van der Waals surface area contributed by atoms with Crippen LogP contribution in [0.3, 0.4) is 0 Å². The quantitative estimate of drug-likeness (QED) is 0.597. The molecule has 0 aliphatic rings. The zero-order chi connectivity index (χ0) is 18.9. The van der Waals surface area contributed by atoms with Crippen molar-refractivity contribution in [3.8, 4) is 17.0 Å². The first kappa shape index (κ1) is 20.3. The fraction of sp³-hybridized carbons (Fsp3) is 0.500. The predicted octanol–water partition coefficient (Wildman–Crippen LogP) is 2.69. The lowest BCUT2D eigenvalue weighted by Crippen LogP contribution is -2.27. The number of benzene rings is 1. The van der Waals surface area contributed by atoms with Crippen LogP contribution in [0.2, 0.25) is 0 Å². The first-order chi connectivity index (χ1) is 12.5. The van der Waals surface area contributed by atoms with E-state index in [1.807, 2.05) is 14.1 Å². The van der Waals surface area contributed by atoms with E-state index in [9.17, 15) is 8.78 Å². The lowest BCUT2D eigenvalue weighted by Gasteiger charge is -2.16. The van der Waals surface area contributed by atoms with E-state index < -0.39 is 6.43 Å². The number of nitrogens with one attached hydrogen (secondary N) is 2. The van der Waals surface area contributed by atoms with Gasteiger partial charge in [0.1, 0.15) is 12.4 Å². The van der Waals surface area contributed by atoms with Crippen LogP contribution in [-0.2, 0) is 11.3 Å². The van der Waals surface area contributed by atoms with E-state index in [0.717, 1.165) is 18.7 Å². The number of hydrogen-bond donors (Lipinski definition) is 2. The topological polar surface area (TPSA) is 62.4 Å². The third-order valence-corrected chi connectivity index (χ3v) is 3.91. The predicted molar refractivity (Wildman–Crippen MR) is 96.6 cm³/mol. The SMILES string of the molecule is CNCCN(C)Cc1c[nH]nc1-c1cc(OCCOC)cc(C(F)F)c1. The van der Waals surface area contributed by atoms with Crippen molar-refractivity contribution < 1.29 is 18.3 Å². The Bertz CT molecular complexity index is 679. The molecule has 0 unspecified atom stereocenters. The van der Waals surface area contributed by atoms with Crippen molar-refractivity contribution in [2.75, 3.05) is 47.5 Å². The highest BCUT2D eigenvalue weighted by molar-refractivity contribution is 5.65. The number of methoxy groups -OCH3 is 1. The molecule has 1 heterocycles. The van der Waals surface area contributed by atoms with Crippen molar-refractivity contribution in [3.63, 3.8) is 0 Å². The van der Waals surface area contributed by atoms with Crippen LogP contribution in [0.5, 0.6) is 5.75 Å². The lowest BCUT2D eigenvalue weighted by molar-refractivity contribution is 0.143. The minimum absolute atomic E-state index is 0.0904. The molecule has 2 aromatic rings. The Labute approximate surface area is 152 Å². The number of aromatic amines is 1. The van der Waals surface area contributed by atoms with Crippen LogP contribution in [-0.4, -0.2) is 62.6 Å². The number of ether oxygens (including phenoxy) is 2. The van der Waals surface area contributed by atoms with Crippen molar-refractivity contribution in [3.05, 3.63) is 35.5 Å². The number of halogens is 2. The van der Waals surface area contributed by atoms with E-state index in [4.69, 9.17) is 9.47 Å². The molecular formula is C18H26F2N4O2. The van der Waals surface area contributed by atoms with Gasteiger partial charge in [0.25, 0.3) is 6.43 Å². The van der Waals surface area contributed by atoms with E-state index in [2.05, 4.69) is 20.4 Å². The molecule has 0 aliphatic heterocycles. The second-order valence-corrected chi connectivity index (χ2v) is 6.03. The molecule has 0 spiro atoms. The fourth-order valence-electron chi connectivity index (χ4n) is 2.57. The molecule has 6 nitrogen and oxygen atoms in total. The maximum Gasteiger partial charge on any atom is 0.264 e. The molecule has 0 fully saturated rings. The monoisotopic (exact) mass is 368 g/mol. The van der Waals surface area contributed by atoms with Crippen LogP contribution in [0.15, 0.2) is 24.4 Å². The van der Waals surface area contributed by atoms with E-state index in [0.29, 0.717) is 36.8 Å². The minimum Gasteiger partial charge on any atom is -0.491 e. The summed E-state index contributed by atoms with van der Waals surface area (Å²) >= 11 is 0. The maximum atomic E-state index is 13.3. The Morgan fingerprint density at radius 3 is 2.77 bits per heavy atom. The van der Waals surface area contributed by atoms with Gasteiger partial charge in [-0.1, -0.05) is 0 Å². The van der Waals surface area contributed by atoms with Crippen molar-refractivity contribution >= 4 is 0 Å². The molecule has 0 amide bonds. The van der Waals surface area contributed by atoms with Gasteiger partial charge in [-0.25, -0.2) is 8.78 Å². The molecule has 144 valence electrons. The van der Waals surface area contributed by atoms with Crippen LogP contribution in [0.4, 0.5) is 8.78 Å². The lowest BCUT2D eigenvalue weighted by atomic mass is 10.0. The van der Waals surface area contributed by atoms with Gasteiger partial charge in [0.15, 0.2) is 0 Å². The Balaban J connectivity index is 2.25. The minimum atomic E-state index is -2.58. The molecule has 0 aliphatic carbocycles. The summed E-state index contributed by atoms with van der Waals surface area (Å²) in [5.41, 5.74) is 2.11. The number of nitrogens with zero attached hydrogens (tertiary/aromatic N) is 2. The zero-order valence-corrected chi connectivity index (χ0v) is 15.4. The summed E-state index contributed by atoms with van der Waals surface area (Å²) in [5, 5.41) is 10.2. The van der Waals surface area contributed by atoms with Gasteiger partial charge in [-0.05, 0) is 32.3 Å². The Morgan fingerprint density at radius 1 is 1.27 bits per heavy atom. The second-order valence-electron chi connectivity index (χ2n) is 6.03. The molecule has 1 aromatic carbocycles. The largest absolute Gasteiger partial charge is 0.491 e. The Kier molecular flexibility index (Phi) is 7.96. The van der Waals surface area contributed by atoms with Crippen LogP contribution < -0.4 is 10.1 Å². The molecule has 0 saturated carbocycles. The molecule has 26 heavy (non-hydrogen) atoms. The summed E-state index contributed by atoms with van der Waals surface area (Å²) in [6.07, 6.45) is -0.786. The highest BCUT2D eigenvalue weighted by atomic mass is 19.3. The summed E-state index contributed by atoms with van der Waals surface area (Å²) < 4.78 is 37.0. The molecule has 0 radical (unpaired) electrons. The van der Waals surface area contributed by atoms with Gasteiger partial charge in [-0.2, -0.15) is 5.10 Å². The van der Waals surface area contributed by atoms with Gasteiger partial charge in [0.2, 0.25) is 0 Å². The molecule has 2 N–H and O–H groups in total. The first-order valence-electron chi connectivity index (χ1n) is 8.46. The summed E-state index contributed by atoms with van der Waals surface area (Å²) in [4.78, 5) is 2.14. The van der Waals surface area contributed by atoms with Gasteiger partial charge < -0.3 is 19.7 Å². The number of rotatable bonds is 11. The number of aromatic nitrogens is 2. The first-order valence-corrected chi connectivity index (χ1v) is 8.46. The summed E-state index contributed by atoms with van der Waals surface area (Å²) in [6.45, 7) is 3.07. The summed E-state index contributed by atoms with van der Waals surface area (Å²) in [5.74, 6) is 0.382. The fourth-order valence-corrected chi connectivity index (χ4v) is 2.57. The van der Waals surface area contributed by atoms with Gasteiger partial charge in [-0.15, -0.1) is 0 Å². The normalized spacial score (nSPS) is 11.5. The van der Waals surface area contributed by atoms with E-state index in [-0.39, 0.29) is 5.56 Å². The van der Waals surface area contributed by atoms with Gasteiger partial charge >= 0.3 is 0 Å². The molecular weight excluding hydrogens is 342 g/mol. The van der Waals surface area contributed by atoms with Gasteiger partial charge in [0, 0.05) is 49.6 Å². The van der Waals surface area contributed by atoms with Crippen LogP contribution in [0.1, 0.15) is 17.6 Å². The number of likely N-dealkylation sites (N-methyl/N-ethyl adjacent to an activating group) is 2. The molecule has 0 atom stereocenters. The molecule has 1 aromatic heterocycles. The molecule has 8 heteroatoms. The van der Waals surface area contributed by atoms with Crippen molar-refractivity contribution in [2.24, 2.45) is 0 Å². The number of alkyl halides is 2. The molecule has 2 rings (SSSR count). The third kappa shape index (κ3) is 5.76. The van der Waals surface area contributed by atoms with Crippen molar-refractivity contribution in [1.82, 2.24) is 20.4 Å². The van der Waals surface area contributed by atoms with Gasteiger partial charge in [-0.3, -0.25) is 5.10 Å². The van der Waals surface area contributed by atoms with Crippen molar-refractivity contribution in [2.45, 2.75) is 13.0 Å². The smallest absolute Gasteiger partial charge is 0.264 e. The summed E-state index contributed by atoms with van der Waals surface area (Å²) in [6, 6.07) is 4.55. The maximum absolute atomic E-state index is 13.3. The van der Waals surface area contributed by atoms with Crippen LogP contribution in [0, 0.1) is 0 Å². The van der Waals surface area contributed by atoms with E-state index >= 15 is 0 Å². The van der Waals surface area contributed by atoms with Crippen LogP contribution in [0.25, 0.3) is 11.3 Å². The van der Waals surface area contributed by atoms with Crippen LogP contribution >= 0.6 is 0 Å². The molecule has 0 saturated heterocycles. The Hall–Kier alpha value is -2.03. The van der Waals surface area contributed by atoms with Crippen molar-refractivity contribution in [1.29, 1.82) is 0 Å². The molecule has 0 bridgehead atoms. The van der Waals surface area contributed by atoms with Gasteiger partial charge in [0.05, 0.1) is 12.3 Å². The van der Waals surface area contributed by atoms with E-state index in [1.54, 1.807) is 19.4 Å². The van der Waals surface area contributed by atoms with E-state index in [1.165, 1.54) is 12.1 Å². The average molecular weight is 368 g/mol. The number of hydrogen-bond acceptors (Lipinski definition) is 5. The standard InChI is InChI=1S/C18H26F2N4O2/c1-21-4-5-24(2)12-15-11-22-23-17(15)13-8-14(18(19)20)10-16(9-13)26-7-6-25-3/h8-11,18,21H,4-7,12H2,1-3H3,(H,22,23). The average Bonchev–Trinajstić information content (AvgIpc) is 3.08. The highest BCUT2D eigenvalue weighted by Gasteiger charge is 2.16. The third-order valence-electron chi connectivity index (χ3n) is 3.91.